The summed E-state index contributed by atoms with van der Waals surface area (Å²) >= 11 is 8.22. The molecule has 6 rings (SSSR count). The van der Waals surface area contributed by atoms with Gasteiger partial charge in [-0.25, -0.2) is 0 Å². The van der Waals surface area contributed by atoms with Gasteiger partial charge in [-0.2, -0.15) is 14.6 Å². The number of nitrogen functional groups attached to an aromatic ring is 1. The number of amides is 2. The molecule has 0 bridgehead atoms. The number of quaternary nitrogens is 1. The maximum absolute atomic E-state index is 13.8. The maximum atomic E-state index is 13.8. The number of aromatic hydroxyl groups is 2. The van der Waals surface area contributed by atoms with E-state index in [1.165, 1.54) is 31.7 Å². The first-order valence-electron chi connectivity index (χ1n) is 16.0. The van der Waals surface area contributed by atoms with Gasteiger partial charge in [0.2, 0.25) is 11.7 Å². The third-order valence-corrected chi connectivity index (χ3v) is 11.3. The van der Waals surface area contributed by atoms with E-state index in [2.05, 4.69) is 40.5 Å². The molecule has 2 atom stereocenters. The minimum atomic E-state index is -1.88. The summed E-state index contributed by atoms with van der Waals surface area (Å²) in [5, 5.41) is 52.6. The monoisotopic (exact) mass is 797 g/mol. The number of nitrogens with two attached hydrogens (primary N) is 1. The largest absolute Gasteiger partial charge is 1.00 e. The number of anilines is 1. The fourth-order valence-electron chi connectivity index (χ4n) is 6.33. The van der Waals surface area contributed by atoms with Gasteiger partial charge in [-0.05, 0) is 26.0 Å². The van der Waals surface area contributed by atoms with E-state index in [0.29, 0.717) is 35.6 Å². The number of carboxylic acids is 1. The van der Waals surface area contributed by atoms with Gasteiger partial charge in [-0.3, -0.25) is 29.6 Å². The van der Waals surface area contributed by atoms with Crippen molar-refractivity contribution in [1.82, 2.24) is 40.2 Å². The maximum Gasteiger partial charge on any atom is 1.00 e. The van der Waals surface area contributed by atoms with Crippen LogP contribution in [-0.2, 0) is 19.2 Å². The average Bonchev–Trinajstić information content (AvgIpc) is 3.89. The smallest absolute Gasteiger partial charge is 0.546 e. The van der Waals surface area contributed by atoms with Crippen molar-refractivity contribution in [1.29, 1.82) is 0 Å². The molecule has 2 fully saturated rings. The van der Waals surface area contributed by atoms with Gasteiger partial charge in [-0.15, -0.1) is 11.8 Å². The Morgan fingerprint density at radius 3 is 2.62 bits per heavy atom. The number of Topliss-reactive ketones (excluding diaryl/α,β-unsaturated/α-hetero) is 1. The number of phenols is 2. The second kappa shape index (κ2) is 16.2. The molecule has 3 aliphatic heterocycles. The summed E-state index contributed by atoms with van der Waals surface area (Å²) in [6.07, 6.45) is 1.62. The van der Waals surface area contributed by atoms with Crippen LogP contribution in [0.4, 0.5) is 5.13 Å². The molecule has 3 aliphatic rings. The number of carboxylic acid groups (broad SMARTS) is 1. The number of ketones is 1. The Morgan fingerprint density at radius 2 is 2.00 bits per heavy atom. The molecule has 53 heavy (non-hydrogen) atoms. The number of carbonyl (C=O) groups excluding carboxylic acids is 4. The number of carbonyl (C=O) groups is 4. The van der Waals surface area contributed by atoms with Crippen LogP contribution in [0.15, 0.2) is 22.9 Å². The summed E-state index contributed by atoms with van der Waals surface area (Å²) in [5.41, 5.74) is 4.93. The number of oxime groups is 1. The van der Waals surface area contributed by atoms with E-state index >= 15 is 0 Å². The van der Waals surface area contributed by atoms with Crippen LogP contribution >= 0.6 is 34.9 Å². The molecular weight excluding hydrogens is 765 g/mol. The summed E-state index contributed by atoms with van der Waals surface area (Å²) in [4.78, 5) is 62.5. The number of fused-ring (bicyclic) bond motifs is 1. The second-order valence-electron chi connectivity index (χ2n) is 13.0. The predicted molar refractivity (Wildman–Crippen MR) is 183 cm³/mol. The van der Waals surface area contributed by atoms with Gasteiger partial charge < -0.3 is 45.6 Å². The van der Waals surface area contributed by atoms with Crippen molar-refractivity contribution in [3.63, 3.8) is 0 Å². The fraction of sp³-hybridized carbons (Fsp3) is 0.467. The van der Waals surface area contributed by atoms with Crippen molar-refractivity contribution < 1.29 is 73.4 Å². The van der Waals surface area contributed by atoms with Crippen LogP contribution in [0.2, 0.25) is 5.02 Å². The van der Waals surface area contributed by atoms with Gasteiger partial charge in [0, 0.05) is 47.7 Å². The Bertz CT molecular complexity index is 1950. The molecule has 2 saturated heterocycles. The van der Waals surface area contributed by atoms with E-state index in [-0.39, 0.29) is 75.0 Å². The molecule has 5 N–H and O–H groups in total. The zero-order valence-corrected chi connectivity index (χ0v) is 33.2. The zero-order valence-electron chi connectivity index (χ0n) is 28.8. The Hall–Kier alpha value is -3.86. The number of hydrogen-bond donors (Lipinski definition) is 4. The number of hydrogen-bond acceptors (Lipinski definition) is 17. The Balaban J connectivity index is 0.00000541. The number of phenolic OH excluding ortho intramolecular Hbond substituents is 2. The number of β-lactam (4-membered cyclic amide) rings is 1. The van der Waals surface area contributed by atoms with Gasteiger partial charge in [0.15, 0.2) is 33.7 Å². The number of halogens is 1. The standard InChI is InChI=1S/C30H34ClN11O8S2.Na/c1-30(2,28(48)49)50-37-20(23-34-29(32)52-38-23)18(43)11-16-26(47)41-21(24-35-39-40-36-24)15(13-51-27(16)41)12-42(6-3-4-7-42)8-5-33-25(46)14-9-17(31)22(45)19(44)10-14;/h9-10,16,27H,3-8,11-13H2,1-2H3,(H6-,32,33,34,35,36,37,38,39,40,43,44,45,46,48,49);/q;+1/p-1/t16-,27-;/m1./s1. The number of likely N-dealkylation sites (tertiary alicyclic amines) is 1. The SMILES string of the molecule is CC(C)(O/N=C(\C(=O)C[C@@H]1C(=O)N2C(c3nnn[n-]3)=C(C[N+]3(CCNC(=O)c4cc(O)c(O)c(Cl)c4)CCCC3)CS[C@H]12)c1nsc(N)n1)C(=O)[O-].[Na+]. The molecule has 0 spiro atoms. The molecule has 1 aromatic carbocycles. The predicted octanol–water partition coefficient (Wildman–Crippen LogP) is -3.48. The summed E-state index contributed by atoms with van der Waals surface area (Å²) in [7, 11) is 0. The quantitative estimate of drug-likeness (QED) is 0.0308. The fourth-order valence-corrected chi connectivity index (χ4v) is 8.38. The Kier molecular flexibility index (Phi) is 12.4. The molecular formula is C30H33ClN11NaO8S2. The van der Waals surface area contributed by atoms with Gasteiger partial charge in [-0.1, -0.05) is 16.8 Å². The number of aliphatic carboxylic acids is 1. The van der Waals surface area contributed by atoms with Crippen LogP contribution in [-0.4, -0.2) is 123 Å². The van der Waals surface area contributed by atoms with Gasteiger partial charge in [0.1, 0.15) is 6.54 Å². The molecule has 5 heterocycles. The molecule has 0 aliphatic carbocycles. The zero-order chi connectivity index (χ0) is 37.4. The van der Waals surface area contributed by atoms with E-state index in [1.807, 2.05) is 0 Å². The van der Waals surface area contributed by atoms with Crippen LogP contribution in [0, 0.1) is 5.92 Å². The normalized spacial score (nSPS) is 19.6. The van der Waals surface area contributed by atoms with Gasteiger partial charge in [0.05, 0.1) is 60.0 Å². The first kappa shape index (κ1) is 40.3. The molecule has 2 amide bonds. The minimum absolute atomic E-state index is 0. The second-order valence-corrected chi connectivity index (χ2v) is 15.3. The topological polar surface area (TPSA) is 273 Å². The Labute approximate surface area is 337 Å². The van der Waals surface area contributed by atoms with Crippen LogP contribution in [0.5, 0.6) is 11.5 Å². The minimum Gasteiger partial charge on any atom is -0.546 e. The summed E-state index contributed by atoms with van der Waals surface area (Å²) in [6.45, 7) is 5.44. The molecule has 2 aromatic heterocycles. The van der Waals surface area contributed by atoms with E-state index in [1.54, 1.807) is 4.90 Å². The first-order chi connectivity index (χ1) is 24.7. The van der Waals surface area contributed by atoms with Crippen molar-refractivity contribution in [2.75, 3.05) is 44.2 Å². The first-order valence-corrected chi connectivity index (χ1v) is 18.2. The Morgan fingerprint density at radius 1 is 1.26 bits per heavy atom. The molecule has 23 heteroatoms. The summed E-state index contributed by atoms with van der Waals surface area (Å²) < 4.78 is 4.64. The van der Waals surface area contributed by atoms with Crippen molar-refractivity contribution >= 4 is 75.0 Å². The van der Waals surface area contributed by atoms with Gasteiger partial charge >= 0.3 is 29.6 Å². The van der Waals surface area contributed by atoms with Crippen molar-refractivity contribution in [2.45, 2.75) is 44.1 Å². The van der Waals surface area contributed by atoms with Crippen LogP contribution in [0.3, 0.4) is 0 Å². The van der Waals surface area contributed by atoms with E-state index in [9.17, 15) is 34.5 Å². The van der Waals surface area contributed by atoms with E-state index in [4.69, 9.17) is 22.2 Å². The molecule has 0 unspecified atom stereocenters. The third kappa shape index (κ3) is 8.45. The third-order valence-electron chi connectivity index (χ3n) is 9.09. The number of tetrazole rings is 1. The van der Waals surface area contributed by atoms with E-state index < -0.39 is 46.1 Å². The van der Waals surface area contributed by atoms with Crippen LogP contribution < -0.4 is 50.8 Å². The van der Waals surface area contributed by atoms with E-state index in [0.717, 1.165) is 49.1 Å². The van der Waals surface area contributed by atoms with Crippen molar-refractivity contribution in [2.24, 2.45) is 11.1 Å². The molecule has 3 aromatic rings. The molecule has 276 valence electrons. The average molecular weight is 798 g/mol. The molecule has 0 radical (unpaired) electrons. The number of aromatic nitrogens is 6. The number of rotatable bonds is 14. The summed E-state index contributed by atoms with van der Waals surface area (Å²) in [5.74, 6) is -4.32. The number of nitrogens with zero attached hydrogens (tertiary/aromatic N) is 9. The molecule has 0 saturated carbocycles. The number of benzene rings is 1. The van der Waals surface area contributed by atoms with Crippen molar-refractivity contribution in [3.05, 3.63) is 39.9 Å². The van der Waals surface area contributed by atoms with Crippen molar-refractivity contribution in [3.8, 4) is 11.5 Å². The van der Waals surface area contributed by atoms with Crippen LogP contribution in [0.1, 0.15) is 55.1 Å². The molecule has 19 nitrogen and oxygen atoms in total. The summed E-state index contributed by atoms with van der Waals surface area (Å²) in [6, 6.07) is 2.41. The number of thioether (sulfide) groups is 1. The van der Waals surface area contributed by atoms with Crippen LogP contribution in [0.25, 0.3) is 5.70 Å². The van der Waals surface area contributed by atoms with Gasteiger partial charge in [0.25, 0.3) is 5.91 Å². The number of nitrogens with one attached hydrogen (secondary N) is 1.